The van der Waals surface area contributed by atoms with E-state index in [1.165, 1.54) is 19.3 Å². The first-order chi connectivity index (χ1) is 11.6. The second-order valence-electron chi connectivity index (χ2n) is 7.63. The molecule has 6 heteroatoms. The maximum atomic E-state index is 13.3. The first-order valence-corrected chi connectivity index (χ1v) is 9.63. The van der Waals surface area contributed by atoms with Gasteiger partial charge in [0.1, 0.15) is 6.04 Å². The van der Waals surface area contributed by atoms with Gasteiger partial charge in [0.25, 0.3) is 0 Å². The normalized spacial score (nSPS) is 30.0. The second kappa shape index (κ2) is 7.83. The Morgan fingerprint density at radius 3 is 2.58 bits per heavy atom. The fourth-order valence-electron chi connectivity index (χ4n) is 4.58. The molecule has 2 amide bonds. The van der Waals surface area contributed by atoms with Crippen molar-refractivity contribution in [2.24, 2.45) is 5.92 Å². The van der Waals surface area contributed by atoms with Gasteiger partial charge in [0, 0.05) is 18.6 Å². The third-order valence-electron chi connectivity index (χ3n) is 6.19. The van der Waals surface area contributed by atoms with Crippen LogP contribution in [-0.2, 0) is 9.59 Å². The molecule has 136 valence electrons. The molecule has 1 aliphatic carbocycles. The van der Waals surface area contributed by atoms with E-state index < -0.39 is 0 Å². The molecule has 0 radical (unpaired) electrons. The zero-order chi connectivity index (χ0) is 17.1. The number of nitrogens with zero attached hydrogens (tertiary/aromatic N) is 1. The molecular weight excluding hydrogens is 304 g/mol. The molecule has 24 heavy (non-hydrogen) atoms. The van der Waals surface area contributed by atoms with E-state index in [0.29, 0.717) is 12.1 Å². The maximum absolute atomic E-state index is 13.3. The number of carbonyl (C=O) groups is 2. The molecule has 0 aromatic carbocycles. The van der Waals surface area contributed by atoms with Crippen molar-refractivity contribution in [1.29, 1.82) is 0 Å². The van der Waals surface area contributed by atoms with Crippen LogP contribution in [0.2, 0.25) is 0 Å². The van der Waals surface area contributed by atoms with Crippen LogP contribution in [0.4, 0.5) is 0 Å². The first-order valence-electron chi connectivity index (χ1n) is 9.63. The summed E-state index contributed by atoms with van der Waals surface area (Å²) in [7, 11) is 1.77. The fourth-order valence-corrected chi connectivity index (χ4v) is 4.58. The molecule has 3 rings (SSSR count). The molecule has 2 saturated heterocycles. The quantitative estimate of drug-likeness (QED) is 0.688. The van der Waals surface area contributed by atoms with E-state index in [2.05, 4.69) is 16.0 Å². The van der Waals surface area contributed by atoms with Gasteiger partial charge < -0.3 is 20.9 Å². The highest BCUT2D eigenvalue weighted by atomic mass is 16.2. The average molecular weight is 336 g/mol. The van der Waals surface area contributed by atoms with Crippen molar-refractivity contribution in [3.05, 3.63) is 0 Å². The van der Waals surface area contributed by atoms with Gasteiger partial charge in [0.2, 0.25) is 11.8 Å². The number of carbonyl (C=O) groups excluding carboxylic acids is 2. The summed E-state index contributed by atoms with van der Waals surface area (Å²) in [6.07, 6.45) is 7.74. The largest absolute Gasteiger partial charge is 0.343 e. The molecule has 1 saturated carbocycles. The molecule has 3 N–H and O–H groups in total. The predicted molar refractivity (Wildman–Crippen MR) is 93.6 cm³/mol. The molecule has 3 fully saturated rings. The van der Waals surface area contributed by atoms with Crippen LogP contribution in [-0.4, -0.2) is 61.0 Å². The lowest BCUT2D eigenvalue weighted by Gasteiger charge is -2.35. The Kier molecular flexibility index (Phi) is 5.76. The monoisotopic (exact) mass is 336 g/mol. The van der Waals surface area contributed by atoms with Gasteiger partial charge in [-0.2, -0.15) is 0 Å². The van der Waals surface area contributed by atoms with Crippen LogP contribution in [0.25, 0.3) is 0 Å². The number of likely N-dealkylation sites (tertiary alicyclic amines) is 1. The number of fused-ring (bicyclic) bond motifs is 1. The lowest BCUT2D eigenvalue weighted by atomic mass is 9.83. The summed E-state index contributed by atoms with van der Waals surface area (Å²) in [5.41, 5.74) is 0. The molecule has 4 atom stereocenters. The molecule has 0 aromatic rings. The number of nitrogens with one attached hydrogen (secondary N) is 3. The Bertz CT molecular complexity index is 464. The summed E-state index contributed by atoms with van der Waals surface area (Å²) < 4.78 is 0. The Balaban J connectivity index is 1.72. The van der Waals surface area contributed by atoms with Gasteiger partial charge in [-0.15, -0.1) is 0 Å². The van der Waals surface area contributed by atoms with Crippen LogP contribution in [0, 0.1) is 5.92 Å². The van der Waals surface area contributed by atoms with Crippen molar-refractivity contribution in [2.75, 3.05) is 20.1 Å². The summed E-state index contributed by atoms with van der Waals surface area (Å²) >= 11 is 0. The van der Waals surface area contributed by atoms with E-state index >= 15 is 0 Å². The average Bonchev–Trinajstić information content (AvgIpc) is 3.22. The van der Waals surface area contributed by atoms with E-state index in [1.807, 2.05) is 11.8 Å². The van der Waals surface area contributed by atoms with E-state index in [1.54, 1.807) is 7.05 Å². The van der Waals surface area contributed by atoms with Gasteiger partial charge in [-0.25, -0.2) is 0 Å². The lowest BCUT2D eigenvalue weighted by Crippen LogP contribution is -2.56. The van der Waals surface area contributed by atoms with E-state index in [4.69, 9.17) is 0 Å². The summed E-state index contributed by atoms with van der Waals surface area (Å²) in [6, 6.07) is 0.145. The van der Waals surface area contributed by atoms with E-state index in [-0.39, 0.29) is 29.8 Å². The number of hydrogen-bond acceptors (Lipinski definition) is 4. The van der Waals surface area contributed by atoms with Crippen LogP contribution in [0.1, 0.15) is 51.9 Å². The van der Waals surface area contributed by atoms with E-state index in [9.17, 15) is 9.59 Å². The third kappa shape index (κ3) is 3.59. The van der Waals surface area contributed by atoms with Gasteiger partial charge in [0.05, 0.1) is 6.04 Å². The number of hydrogen-bond donors (Lipinski definition) is 3. The number of amides is 2. The lowest BCUT2D eigenvalue weighted by molar-refractivity contribution is -0.139. The molecular formula is C18H32N4O2. The molecule has 0 bridgehead atoms. The van der Waals surface area contributed by atoms with Crippen molar-refractivity contribution >= 4 is 11.8 Å². The standard InChI is InChI=1S/C18H32N4O2/c1-12(19-2)17(23)21-16(13-6-4-3-5-7-13)18(24)22-11-9-14-15(22)8-10-20-14/h12-16,19-20H,3-11H2,1-2H3,(H,21,23)/t12-,14?,15+,16?/m0/s1. The highest BCUT2D eigenvalue weighted by Crippen LogP contribution is 2.31. The van der Waals surface area contributed by atoms with E-state index in [0.717, 1.165) is 38.8 Å². The minimum atomic E-state index is -0.354. The summed E-state index contributed by atoms with van der Waals surface area (Å²) in [5.74, 6) is 0.365. The van der Waals surface area contributed by atoms with Crippen LogP contribution in [0.3, 0.4) is 0 Å². The van der Waals surface area contributed by atoms with Crippen molar-refractivity contribution < 1.29 is 9.59 Å². The topological polar surface area (TPSA) is 73.5 Å². The first kappa shape index (κ1) is 17.7. The molecule has 0 spiro atoms. The third-order valence-corrected chi connectivity index (χ3v) is 6.19. The number of rotatable bonds is 5. The summed E-state index contributed by atoms with van der Waals surface area (Å²) in [4.78, 5) is 27.8. The van der Waals surface area contributed by atoms with Crippen LogP contribution in [0.15, 0.2) is 0 Å². The second-order valence-corrected chi connectivity index (χ2v) is 7.63. The Morgan fingerprint density at radius 2 is 1.88 bits per heavy atom. The van der Waals surface area contributed by atoms with Gasteiger partial charge in [-0.3, -0.25) is 9.59 Å². The fraction of sp³-hybridized carbons (Fsp3) is 0.889. The molecule has 2 heterocycles. The Labute approximate surface area is 145 Å². The zero-order valence-electron chi connectivity index (χ0n) is 15.0. The van der Waals surface area contributed by atoms with Crippen molar-refractivity contribution in [3.8, 4) is 0 Å². The Morgan fingerprint density at radius 1 is 1.12 bits per heavy atom. The van der Waals surface area contributed by atoms with Gasteiger partial charge in [0.15, 0.2) is 0 Å². The van der Waals surface area contributed by atoms with Crippen LogP contribution >= 0.6 is 0 Å². The van der Waals surface area contributed by atoms with Crippen LogP contribution in [0.5, 0.6) is 0 Å². The van der Waals surface area contributed by atoms with Gasteiger partial charge in [-0.05, 0) is 52.1 Å². The zero-order valence-corrected chi connectivity index (χ0v) is 15.0. The smallest absolute Gasteiger partial charge is 0.245 e. The molecule has 0 aromatic heterocycles. The highest BCUT2D eigenvalue weighted by Gasteiger charge is 2.43. The molecule has 3 aliphatic rings. The SMILES string of the molecule is CN[C@@H](C)C(=O)NC(C(=O)N1CCC2NCC[C@H]21)C1CCCCC1. The summed E-state index contributed by atoms with van der Waals surface area (Å²) in [5, 5.41) is 9.55. The van der Waals surface area contributed by atoms with Gasteiger partial charge in [-0.1, -0.05) is 19.3 Å². The number of likely N-dealkylation sites (N-methyl/N-ethyl adjacent to an activating group) is 1. The van der Waals surface area contributed by atoms with Crippen molar-refractivity contribution in [3.63, 3.8) is 0 Å². The highest BCUT2D eigenvalue weighted by molar-refractivity contribution is 5.90. The summed E-state index contributed by atoms with van der Waals surface area (Å²) in [6.45, 7) is 3.66. The Hall–Kier alpha value is -1.14. The minimum absolute atomic E-state index is 0.0679. The molecule has 6 nitrogen and oxygen atoms in total. The minimum Gasteiger partial charge on any atom is -0.343 e. The van der Waals surface area contributed by atoms with Crippen molar-refractivity contribution in [2.45, 2.75) is 76.0 Å². The molecule has 2 unspecified atom stereocenters. The predicted octanol–water partition coefficient (Wildman–Crippen LogP) is 0.622. The van der Waals surface area contributed by atoms with Crippen LogP contribution < -0.4 is 16.0 Å². The van der Waals surface area contributed by atoms with Crippen molar-refractivity contribution in [1.82, 2.24) is 20.9 Å². The maximum Gasteiger partial charge on any atom is 0.245 e. The molecule has 2 aliphatic heterocycles. The van der Waals surface area contributed by atoms with Gasteiger partial charge >= 0.3 is 0 Å².